The molecule has 0 atom stereocenters. The van der Waals surface area contributed by atoms with Gasteiger partial charge < -0.3 is 0 Å². The zero-order chi connectivity index (χ0) is 15.6. The molecule has 120 valence electrons. The van der Waals surface area contributed by atoms with Crippen molar-refractivity contribution < 1.29 is 0 Å². The first-order chi connectivity index (χ1) is 10.2. The number of hydrogen-bond acceptors (Lipinski definition) is 0. The van der Waals surface area contributed by atoms with Crippen LogP contribution in [0.2, 0.25) is 18.3 Å². The molecule has 0 N–H and O–H groups in total. The van der Waals surface area contributed by atoms with Crippen LogP contribution in [-0.4, -0.2) is 18.4 Å². The average Bonchev–Trinajstić information content (AvgIpc) is 2.51. The number of hydrogen-bond donors (Lipinski definition) is 0. The Kier molecular flexibility index (Phi) is 10.1. The molecule has 0 aliphatic carbocycles. The fraction of sp³-hybridized carbons (Fsp3) is 0.684. The van der Waals surface area contributed by atoms with Gasteiger partial charge in [-0.25, -0.2) is 0 Å². The van der Waals surface area contributed by atoms with Crippen molar-refractivity contribution in [3.05, 3.63) is 34.9 Å². The summed E-state index contributed by atoms with van der Waals surface area (Å²) in [4.78, 5) is 0. The molecule has 0 saturated carbocycles. The van der Waals surface area contributed by atoms with Crippen molar-refractivity contribution in [2.45, 2.75) is 77.0 Å². The molecule has 0 aromatic heterocycles. The minimum atomic E-state index is -2.01. The van der Waals surface area contributed by atoms with Crippen LogP contribution in [0.1, 0.15) is 64.9 Å². The third-order valence-electron chi connectivity index (χ3n) is 4.67. The van der Waals surface area contributed by atoms with Gasteiger partial charge >= 0.3 is 142 Å². The molecular formula is C19H33ClSn. The van der Waals surface area contributed by atoms with Crippen molar-refractivity contribution in [3.63, 3.8) is 0 Å². The van der Waals surface area contributed by atoms with Gasteiger partial charge in [-0.1, -0.05) is 0 Å². The second kappa shape index (κ2) is 10.9. The molecule has 0 radical (unpaired) electrons. The topological polar surface area (TPSA) is 0 Å². The van der Waals surface area contributed by atoms with Crippen molar-refractivity contribution in [2.75, 3.05) is 0 Å². The van der Waals surface area contributed by atoms with Crippen molar-refractivity contribution >= 4 is 30.0 Å². The Morgan fingerprint density at radius 1 is 0.762 bits per heavy atom. The molecule has 0 saturated heterocycles. The summed E-state index contributed by atoms with van der Waals surface area (Å²) < 4.78 is 6.21. The number of halogens is 1. The predicted octanol–water partition coefficient (Wildman–Crippen LogP) is 7.27. The van der Waals surface area contributed by atoms with Gasteiger partial charge in [0.1, 0.15) is 0 Å². The van der Waals surface area contributed by atoms with Crippen LogP contribution < -0.4 is 0 Å². The molecule has 1 rings (SSSR count). The summed E-state index contributed by atoms with van der Waals surface area (Å²) in [5.74, 6) is 0. The maximum atomic E-state index is 6.05. The fourth-order valence-electron chi connectivity index (χ4n) is 3.33. The van der Waals surface area contributed by atoms with E-state index in [2.05, 4.69) is 45.0 Å². The van der Waals surface area contributed by atoms with E-state index >= 15 is 0 Å². The Morgan fingerprint density at radius 2 is 1.19 bits per heavy atom. The van der Waals surface area contributed by atoms with E-state index in [1.165, 1.54) is 43.0 Å². The van der Waals surface area contributed by atoms with E-state index in [4.69, 9.17) is 11.6 Å². The molecule has 1 aromatic rings. The molecule has 0 aliphatic heterocycles. The van der Waals surface area contributed by atoms with E-state index < -0.39 is 18.4 Å². The van der Waals surface area contributed by atoms with E-state index in [-0.39, 0.29) is 0 Å². The van der Waals surface area contributed by atoms with Crippen LogP contribution in [0.5, 0.6) is 0 Å². The Balaban J connectivity index is 2.85. The molecule has 0 bridgehead atoms. The number of rotatable bonds is 11. The Morgan fingerprint density at radius 3 is 1.57 bits per heavy atom. The van der Waals surface area contributed by atoms with Gasteiger partial charge in [-0.2, -0.15) is 0 Å². The van der Waals surface area contributed by atoms with Gasteiger partial charge in [0, 0.05) is 0 Å². The van der Waals surface area contributed by atoms with Crippen molar-refractivity contribution in [1.29, 1.82) is 0 Å². The van der Waals surface area contributed by atoms with Gasteiger partial charge in [0.15, 0.2) is 0 Å². The molecular weight excluding hydrogens is 382 g/mol. The fourth-order valence-corrected chi connectivity index (χ4v) is 19.7. The van der Waals surface area contributed by atoms with Crippen LogP contribution in [-0.2, 0) is 4.44 Å². The summed E-state index contributed by atoms with van der Waals surface area (Å²) in [6.07, 6.45) is 8.44. The molecule has 21 heavy (non-hydrogen) atoms. The Bertz CT molecular complexity index is 350. The summed E-state index contributed by atoms with van der Waals surface area (Å²) in [5, 5.41) is 0.871. The Labute approximate surface area is 141 Å². The van der Waals surface area contributed by atoms with Gasteiger partial charge in [-0.15, -0.1) is 0 Å². The quantitative estimate of drug-likeness (QED) is 0.333. The molecule has 1 aromatic carbocycles. The summed E-state index contributed by atoms with van der Waals surface area (Å²) in [6.45, 7) is 7.04. The molecule has 0 amide bonds. The van der Waals surface area contributed by atoms with E-state index in [0.29, 0.717) is 0 Å². The Hall–Kier alpha value is 0.309. The third-order valence-corrected chi connectivity index (χ3v) is 20.3. The molecule has 0 aliphatic rings. The molecule has 0 unspecified atom stereocenters. The van der Waals surface area contributed by atoms with Crippen LogP contribution in [0.15, 0.2) is 24.3 Å². The molecule has 0 heterocycles. The normalized spacial score (nSPS) is 11.8. The predicted molar refractivity (Wildman–Crippen MR) is 100 cm³/mol. The van der Waals surface area contributed by atoms with Crippen LogP contribution in [0.3, 0.4) is 0 Å². The first-order valence-electron chi connectivity index (χ1n) is 8.90. The van der Waals surface area contributed by atoms with Crippen molar-refractivity contribution in [3.8, 4) is 0 Å². The average molecular weight is 416 g/mol. The van der Waals surface area contributed by atoms with Crippen LogP contribution in [0.4, 0.5) is 0 Å². The molecule has 2 heteroatoms. The molecule has 0 nitrogen and oxygen atoms in total. The van der Waals surface area contributed by atoms with Crippen LogP contribution in [0, 0.1) is 0 Å². The van der Waals surface area contributed by atoms with E-state index in [9.17, 15) is 0 Å². The van der Waals surface area contributed by atoms with E-state index in [1.807, 2.05) is 0 Å². The van der Waals surface area contributed by atoms with Gasteiger partial charge in [-0.3, -0.25) is 0 Å². The summed E-state index contributed by atoms with van der Waals surface area (Å²) in [7, 11) is 0. The van der Waals surface area contributed by atoms with Crippen molar-refractivity contribution in [1.82, 2.24) is 0 Å². The first-order valence-corrected chi connectivity index (χ1v) is 17.4. The number of unbranched alkanes of at least 4 members (excludes halogenated alkanes) is 3. The van der Waals surface area contributed by atoms with Gasteiger partial charge in [0.05, 0.1) is 0 Å². The maximum absolute atomic E-state index is 6.05. The van der Waals surface area contributed by atoms with Crippen LogP contribution in [0.25, 0.3) is 0 Å². The van der Waals surface area contributed by atoms with Gasteiger partial charge in [0.2, 0.25) is 0 Å². The van der Waals surface area contributed by atoms with Crippen molar-refractivity contribution in [2.24, 2.45) is 0 Å². The first kappa shape index (κ1) is 19.4. The molecule has 0 spiro atoms. The van der Waals surface area contributed by atoms with Crippen LogP contribution >= 0.6 is 11.6 Å². The summed E-state index contributed by atoms with van der Waals surface area (Å²) in [5.41, 5.74) is 1.55. The second-order valence-corrected chi connectivity index (χ2v) is 20.9. The third kappa shape index (κ3) is 7.41. The number of benzene rings is 1. The summed E-state index contributed by atoms with van der Waals surface area (Å²) in [6, 6.07) is 8.70. The summed E-state index contributed by atoms with van der Waals surface area (Å²) >= 11 is 4.04. The van der Waals surface area contributed by atoms with Gasteiger partial charge in [0.25, 0.3) is 0 Å². The SMILES string of the molecule is CCC[CH2][Sn]([CH2]CCC)([CH2]CCC)[CH2]c1ccc(Cl)cc1. The zero-order valence-corrected chi connectivity index (χ0v) is 17.9. The standard InChI is InChI=1S/C7H6Cl.3C4H9.Sn/c1-6-2-4-7(8)5-3-6;3*1-3-4-2;/h2-5H,1H2;3*1,3-4H2,2H3;. The minimum absolute atomic E-state index is 0.871. The van der Waals surface area contributed by atoms with Gasteiger partial charge in [-0.05, 0) is 0 Å². The van der Waals surface area contributed by atoms with E-state index in [0.717, 1.165) is 5.02 Å². The zero-order valence-electron chi connectivity index (χ0n) is 14.3. The second-order valence-electron chi connectivity index (χ2n) is 6.61. The monoisotopic (exact) mass is 416 g/mol. The molecule has 0 fully saturated rings. The van der Waals surface area contributed by atoms with E-state index in [1.54, 1.807) is 18.9 Å².